The summed E-state index contributed by atoms with van der Waals surface area (Å²) in [5, 5.41) is 2.12. The first kappa shape index (κ1) is 15.1. The van der Waals surface area contributed by atoms with E-state index in [-0.39, 0.29) is 11.7 Å². The number of benzene rings is 1. The van der Waals surface area contributed by atoms with Gasteiger partial charge >= 0.3 is 0 Å². The van der Waals surface area contributed by atoms with E-state index in [4.69, 9.17) is 9.47 Å². The average Bonchev–Trinajstić information content (AvgIpc) is 2.55. The number of hydrogen-bond donors (Lipinski definition) is 1. The molecule has 3 rings (SSSR count). The molecule has 0 saturated carbocycles. The smallest absolute Gasteiger partial charge is 0.158 e. The molecule has 1 atom stereocenters. The van der Waals surface area contributed by atoms with E-state index in [2.05, 4.69) is 16.5 Å². The lowest BCUT2D eigenvalue weighted by molar-refractivity contribution is -0.115. The van der Waals surface area contributed by atoms with Crippen molar-refractivity contribution in [3.05, 3.63) is 41.6 Å². The van der Waals surface area contributed by atoms with E-state index in [1.807, 2.05) is 18.2 Å². The van der Waals surface area contributed by atoms with Crippen LogP contribution in [-0.4, -0.2) is 44.2 Å². The number of carbonyl (C=O) groups is 1. The normalized spacial score (nSPS) is 23.0. The zero-order chi connectivity index (χ0) is 15.4. The van der Waals surface area contributed by atoms with Gasteiger partial charge in [0.1, 0.15) is 5.75 Å². The van der Waals surface area contributed by atoms with Crippen molar-refractivity contribution in [2.75, 3.05) is 33.4 Å². The molecule has 1 aromatic rings. The number of nitrogens with one attached hydrogen (secondary N) is 1. The molecule has 1 unspecified atom stereocenters. The standard InChI is InChI=1S/C17H22N2O3/c1-21-17-4-2-3-13(11-17)14-9-15(12-16(20)10-14)18-19-5-7-22-8-6-19/h2-4,11-12,14,18H,5-10H2,1H3. The van der Waals surface area contributed by atoms with Gasteiger partial charge in [-0.3, -0.25) is 4.79 Å². The molecule has 0 bridgehead atoms. The van der Waals surface area contributed by atoms with Crippen LogP contribution in [0.2, 0.25) is 0 Å². The maximum absolute atomic E-state index is 12.1. The van der Waals surface area contributed by atoms with Crippen LogP contribution >= 0.6 is 0 Å². The van der Waals surface area contributed by atoms with Crippen molar-refractivity contribution in [1.82, 2.24) is 10.4 Å². The quantitative estimate of drug-likeness (QED) is 0.920. The van der Waals surface area contributed by atoms with Crippen molar-refractivity contribution < 1.29 is 14.3 Å². The minimum atomic E-state index is 0.176. The van der Waals surface area contributed by atoms with Crippen LogP contribution in [0.15, 0.2) is 36.0 Å². The monoisotopic (exact) mass is 302 g/mol. The molecule has 1 aliphatic heterocycles. The molecule has 2 aliphatic rings. The Morgan fingerprint density at radius 1 is 1.27 bits per heavy atom. The number of allylic oxidation sites excluding steroid dienone is 2. The van der Waals surface area contributed by atoms with Crippen LogP contribution in [-0.2, 0) is 9.53 Å². The molecule has 0 radical (unpaired) electrons. The third-order valence-corrected chi connectivity index (χ3v) is 4.13. The van der Waals surface area contributed by atoms with Gasteiger partial charge in [-0.15, -0.1) is 0 Å². The van der Waals surface area contributed by atoms with Gasteiger partial charge in [0.2, 0.25) is 0 Å². The maximum atomic E-state index is 12.1. The Balaban J connectivity index is 1.69. The summed E-state index contributed by atoms with van der Waals surface area (Å²) < 4.78 is 10.6. The molecule has 1 N–H and O–H groups in total. The zero-order valence-corrected chi connectivity index (χ0v) is 12.9. The summed E-state index contributed by atoms with van der Waals surface area (Å²) >= 11 is 0. The fourth-order valence-electron chi connectivity index (χ4n) is 2.98. The average molecular weight is 302 g/mol. The van der Waals surface area contributed by atoms with E-state index >= 15 is 0 Å². The minimum absolute atomic E-state index is 0.176. The summed E-state index contributed by atoms with van der Waals surface area (Å²) in [6.45, 7) is 3.14. The Morgan fingerprint density at radius 3 is 2.86 bits per heavy atom. The highest BCUT2D eigenvalue weighted by Crippen LogP contribution is 2.32. The van der Waals surface area contributed by atoms with E-state index < -0.39 is 0 Å². The Hall–Kier alpha value is -1.85. The number of methoxy groups -OCH3 is 1. The molecule has 0 spiro atoms. The Morgan fingerprint density at radius 2 is 2.09 bits per heavy atom. The number of hydrogen-bond acceptors (Lipinski definition) is 5. The molecule has 1 saturated heterocycles. The first-order valence-electron chi connectivity index (χ1n) is 7.71. The van der Waals surface area contributed by atoms with Gasteiger partial charge in [-0.1, -0.05) is 12.1 Å². The van der Waals surface area contributed by atoms with E-state index in [9.17, 15) is 4.79 Å². The molecule has 0 amide bonds. The van der Waals surface area contributed by atoms with E-state index in [1.165, 1.54) is 0 Å². The topological polar surface area (TPSA) is 50.8 Å². The molecular weight excluding hydrogens is 280 g/mol. The molecule has 5 nitrogen and oxygen atoms in total. The predicted molar refractivity (Wildman–Crippen MR) is 83.6 cm³/mol. The number of ether oxygens (including phenoxy) is 2. The van der Waals surface area contributed by atoms with Crippen molar-refractivity contribution in [2.45, 2.75) is 18.8 Å². The van der Waals surface area contributed by atoms with E-state index in [0.29, 0.717) is 6.42 Å². The molecule has 0 aromatic heterocycles. The molecular formula is C17H22N2O3. The third-order valence-electron chi connectivity index (χ3n) is 4.13. The fraction of sp³-hybridized carbons (Fsp3) is 0.471. The molecule has 1 fully saturated rings. The van der Waals surface area contributed by atoms with Gasteiger partial charge in [0.25, 0.3) is 0 Å². The van der Waals surface area contributed by atoms with Gasteiger partial charge in [0.15, 0.2) is 5.78 Å². The van der Waals surface area contributed by atoms with E-state index in [0.717, 1.165) is 49.7 Å². The highest BCUT2D eigenvalue weighted by atomic mass is 16.5. The zero-order valence-electron chi connectivity index (χ0n) is 12.9. The number of carbonyl (C=O) groups excluding carboxylic acids is 1. The predicted octanol–water partition coefficient (Wildman–Crippen LogP) is 1.86. The van der Waals surface area contributed by atoms with Crippen molar-refractivity contribution in [2.24, 2.45) is 0 Å². The summed E-state index contributed by atoms with van der Waals surface area (Å²) in [4.78, 5) is 12.1. The maximum Gasteiger partial charge on any atom is 0.158 e. The lowest BCUT2D eigenvalue weighted by atomic mass is 9.85. The van der Waals surface area contributed by atoms with Crippen LogP contribution < -0.4 is 10.2 Å². The molecule has 5 heteroatoms. The van der Waals surface area contributed by atoms with E-state index in [1.54, 1.807) is 13.2 Å². The van der Waals surface area contributed by atoms with Gasteiger partial charge in [0.05, 0.1) is 20.3 Å². The number of nitrogens with zero attached hydrogens (tertiary/aromatic N) is 1. The first-order valence-corrected chi connectivity index (χ1v) is 7.71. The van der Waals surface area contributed by atoms with Crippen molar-refractivity contribution in [3.63, 3.8) is 0 Å². The lowest BCUT2D eigenvalue weighted by Gasteiger charge is -2.31. The third kappa shape index (κ3) is 3.67. The van der Waals surface area contributed by atoms with Crippen molar-refractivity contribution in [3.8, 4) is 5.75 Å². The van der Waals surface area contributed by atoms with Crippen LogP contribution in [0.4, 0.5) is 0 Å². The largest absolute Gasteiger partial charge is 0.497 e. The van der Waals surface area contributed by atoms with Crippen LogP contribution in [0.25, 0.3) is 0 Å². The lowest BCUT2D eigenvalue weighted by Crippen LogP contribution is -2.45. The van der Waals surface area contributed by atoms with Crippen molar-refractivity contribution in [1.29, 1.82) is 0 Å². The highest BCUT2D eigenvalue weighted by molar-refractivity contribution is 5.91. The van der Waals surface area contributed by atoms with Gasteiger partial charge < -0.3 is 14.9 Å². The van der Waals surface area contributed by atoms with Crippen LogP contribution in [0, 0.1) is 0 Å². The Labute approximate surface area is 130 Å². The number of morpholine rings is 1. The second-order valence-corrected chi connectivity index (χ2v) is 5.73. The molecule has 1 aliphatic carbocycles. The van der Waals surface area contributed by atoms with Gasteiger partial charge in [-0.2, -0.15) is 0 Å². The molecule has 118 valence electrons. The molecule has 1 aromatic carbocycles. The SMILES string of the molecule is COc1cccc(C2CC(=O)C=C(NN3CCOCC3)C2)c1. The second-order valence-electron chi connectivity index (χ2n) is 5.73. The summed E-state index contributed by atoms with van der Waals surface area (Å²) in [7, 11) is 1.66. The highest BCUT2D eigenvalue weighted by Gasteiger charge is 2.24. The summed E-state index contributed by atoms with van der Waals surface area (Å²) in [5.74, 6) is 1.22. The summed E-state index contributed by atoms with van der Waals surface area (Å²) in [6.07, 6.45) is 3.14. The second kappa shape index (κ2) is 6.94. The fourth-order valence-corrected chi connectivity index (χ4v) is 2.98. The first-order chi connectivity index (χ1) is 10.7. The van der Waals surface area contributed by atoms with Gasteiger partial charge in [-0.25, -0.2) is 5.01 Å². The number of hydrazine groups is 1. The summed E-state index contributed by atoms with van der Waals surface area (Å²) in [6, 6.07) is 8.00. The summed E-state index contributed by atoms with van der Waals surface area (Å²) in [5.41, 5.74) is 5.53. The molecule has 1 heterocycles. The minimum Gasteiger partial charge on any atom is -0.497 e. The van der Waals surface area contributed by atoms with Crippen LogP contribution in [0.5, 0.6) is 5.75 Å². The Bertz CT molecular complexity index is 565. The Kier molecular flexibility index (Phi) is 4.75. The van der Waals surface area contributed by atoms with Crippen LogP contribution in [0.3, 0.4) is 0 Å². The van der Waals surface area contributed by atoms with Crippen molar-refractivity contribution >= 4 is 5.78 Å². The molecule has 22 heavy (non-hydrogen) atoms. The van der Waals surface area contributed by atoms with Gasteiger partial charge in [0, 0.05) is 31.3 Å². The number of rotatable bonds is 4. The van der Waals surface area contributed by atoms with Crippen LogP contribution in [0.1, 0.15) is 24.3 Å². The number of ketones is 1. The van der Waals surface area contributed by atoms with Gasteiger partial charge in [-0.05, 0) is 30.0 Å².